The molecule has 1 aliphatic rings. The molecular formula is C28H31N3O4S2. The molecular weight excluding hydrogens is 506 g/mol. The molecule has 0 radical (unpaired) electrons. The number of hydrogen-bond donors (Lipinski definition) is 0. The van der Waals surface area contributed by atoms with E-state index < -0.39 is 10.0 Å². The van der Waals surface area contributed by atoms with Crippen molar-refractivity contribution in [3.63, 3.8) is 0 Å². The molecule has 4 aromatic rings. The maximum atomic E-state index is 13.7. The first-order valence-corrected chi connectivity index (χ1v) is 14.8. The molecule has 2 aromatic heterocycles. The van der Waals surface area contributed by atoms with Crippen molar-refractivity contribution in [1.82, 2.24) is 13.8 Å². The minimum atomic E-state index is -3.67. The fourth-order valence-corrected chi connectivity index (χ4v) is 7.52. The van der Waals surface area contributed by atoms with Gasteiger partial charge < -0.3 is 14.2 Å². The quantitative estimate of drug-likeness (QED) is 0.321. The third-order valence-corrected chi connectivity index (χ3v) is 9.91. The highest BCUT2D eigenvalue weighted by Gasteiger charge is 2.36. The van der Waals surface area contributed by atoms with Gasteiger partial charge in [-0.25, -0.2) is 8.42 Å². The Morgan fingerprint density at radius 1 is 1.05 bits per heavy atom. The molecule has 1 saturated heterocycles. The molecule has 3 heterocycles. The van der Waals surface area contributed by atoms with Gasteiger partial charge in [0.25, 0.3) is 5.91 Å². The van der Waals surface area contributed by atoms with Crippen molar-refractivity contribution in [3.05, 3.63) is 83.4 Å². The van der Waals surface area contributed by atoms with Crippen LogP contribution < -0.4 is 4.74 Å². The molecule has 194 valence electrons. The highest BCUT2D eigenvalue weighted by molar-refractivity contribution is 7.89. The van der Waals surface area contributed by atoms with E-state index >= 15 is 0 Å². The molecule has 1 atom stereocenters. The second-order valence-electron chi connectivity index (χ2n) is 9.34. The number of fused-ring (bicyclic) bond motifs is 1. The summed E-state index contributed by atoms with van der Waals surface area (Å²) in [7, 11) is -2.12. The number of aryl methyl sites for hydroxylation is 2. The van der Waals surface area contributed by atoms with Crippen LogP contribution in [0, 0.1) is 0 Å². The Hall–Kier alpha value is -3.14. The summed E-state index contributed by atoms with van der Waals surface area (Å²) in [6.45, 7) is 3.56. The van der Waals surface area contributed by atoms with Gasteiger partial charge in [-0.2, -0.15) is 4.31 Å². The smallest absolute Gasteiger partial charge is 0.270 e. The number of thiophene rings is 1. The van der Waals surface area contributed by atoms with Gasteiger partial charge in [0.1, 0.15) is 16.3 Å². The first-order chi connectivity index (χ1) is 17.9. The number of amides is 1. The first-order valence-electron chi connectivity index (χ1n) is 12.4. The molecule has 0 bridgehead atoms. The number of piperazine rings is 1. The number of carbonyl (C=O) groups is 1. The summed E-state index contributed by atoms with van der Waals surface area (Å²) in [4.78, 5) is 16.8. The van der Waals surface area contributed by atoms with Gasteiger partial charge in [0.2, 0.25) is 10.0 Å². The molecule has 0 N–H and O–H groups in total. The van der Waals surface area contributed by atoms with Crippen LogP contribution in [0.2, 0.25) is 0 Å². The van der Waals surface area contributed by atoms with Crippen LogP contribution in [-0.2, 0) is 23.0 Å². The van der Waals surface area contributed by atoms with Gasteiger partial charge in [-0.15, -0.1) is 11.3 Å². The Balaban J connectivity index is 1.30. The minimum absolute atomic E-state index is 0.0449. The minimum Gasteiger partial charge on any atom is -0.497 e. The highest BCUT2D eigenvalue weighted by atomic mass is 32.2. The van der Waals surface area contributed by atoms with Crippen molar-refractivity contribution >= 4 is 37.5 Å². The summed E-state index contributed by atoms with van der Waals surface area (Å²) in [6.07, 6.45) is 1.87. The SMILES string of the molecule is COc1ccc(S(=O)(=O)N2CCN(C(=O)c3cc4ccsc4n3CCCc3ccccc3)CC2C)cc1. The number of sulfonamides is 1. The maximum Gasteiger partial charge on any atom is 0.270 e. The highest BCUT2D eigenvalue weighted by Crippen LogP contribution is 2.29. The average Bonchev–Trinajstić information content (AvgIpc) is 3.51. The number of hydrogen-bond acceptors (Lipinski definition) is 5. The lowest BCUT2D eigenvalue weighted by molar-refractivity contribution is 0.0632. The van der Waals surface area contributed by atoms with Gasteiger partial charge in [0.05, 0.1) is 12.0 Å². The molecule has 2 aromatic carbocycles. The average molecular weight is 538 g/mol. The Labute approximate surface area is 221 Å². The van der Waals surface area contributed by atoms with Gasteiger partial charge in [0, 0.05) is 37.6 Å². The number of carbonyl (C=O) groups excluding carboxylic acids is 1. The number of ether oxygens (including phenoxy) is 1. The molecule has 0 aliphatic carbocycles. The molecule has 7 nitrogen and oxygen atoms in total. The van der Waals surface area contributed by atoms with Crippen molar-refractivity contribution in [3.8, 4) is 5.75 Å². The molecule has 5 rings (SSSR count). The van der Waals surface area contributed by atoms with E-state index in [1.807, 2.05) is 37.3 Å². The lowest BCUT2D eigenvalue weighted by atomic mass is 10.1. The zero-order valence-corrected chi connectivity index (χ0v) is 22.7. The summed E-state index contributed by atoms with van der Waals surface area (Å²) < 4.78 is 35.4. The normalized spacial score (nSPS) is 16.8. The fourth-order valence-electron chi connectivity index (χ4n) is 4.99. The van der Waals surface area contributed by atoms with Crippen molar-refractivity contribution < 1.29 is 17.9 Å². The zero-order valence-electron chi connectivity index (χ0n) is 21.0. The summed E-state index contributed by atoms with van der Waals surface area (Å²) in [5.74, 6) is 0.561. The predicted octanol–water partition coefficient (Wildman–Crippen LogP) is 4.88. The van der Waals surface area contributed by atoms with Gasteiger partial charge >= 0.3 is 0 Å². The topological polar surface area (TPSA) is 71.9 Å². The van der Waals surface area contributed by atoms with Crippen LogP contribution in [0.1, 0.15) is 29.4 Å². The molecule has 1 unspecified atom stereocenters. The predicted molar refractivity (Wildman–Crippen MR) is 147 cm³/mol. The number of rotatable bonds is 8. The second-order valence-corrected chi connectivity index (χ2v) is 12.1. The van der Waals surface area contributed by atoms with E-state index in [0.29, 0.717) is 24.5 Å². The molecule has 9 heteroatoms. The maximum absolute atomic E-state index is 13.7. The van der Waals surface area contributed by atoms with E-state index in [-0.39, 0.29) is 23.4 Å². The molecule has 37 heavy (non-hydrogen) atoms. The molecule has 0 saturated carbocycles. The zero-order chi connectivity index (χ0) is 26.0. The van der Waals surface area contributed by atoms with E-state index in [1.54, 1.807) is 47.6 Å². The third-order valence-electron chi connectivity index (χ3n) is 6.93. The van der Waals surface area contributed by atoms with Crippen LogP contribution in [0.15, 0.2) is 77.0 Å². The standard InChI is InChI=1S/C28H31N3O4S2/c1-21-20-29(16-17-31(21)37(33,34)25-12-10-24(35-2)11-13-25)27(32)26-19-23-14-18-36-28(23)30(26)15-6-9-22-7-4-3-5-8-22/h3-5,7-8,10-14,18-19,21H,6,9,15-17,20H2,1-2H3. The second kappa shape index (κ2) is 10.7. The summed E-state index contributed by atoms with van der Waals surface area (Å²) >= 11 is 1.65. The van der Waals surface area contributed by atoms with E-state index in [9.17, 15) is 13.2 Å². The first kappa shape index (κ1) is 25.5. The van der Waals surface area contributed by atoms with Crippen molar-refractivity contribution in [2.45, 2.75) is 37.2 Å². The summed E-state index contributed by atoms with van der Waals surface area (Å²) in [5.41, 5.74) is 1.96. The molecule has 1 amide bonds. The van der Waals surface area contributed by atoms with E-state index in [2.05, 4.69) is 22.1 Å². The van der Waals surface area contributed by atoms with E-state index in [0.717, 1.165) is 29.6 Å². The molecule has 1 aliphatic heterocycles. The fraction of sp³-hybridized carbons (Fsp3) is 0.321. The van der Waals surface area contributed by atoms with Gasteiger partial charge in [-0.1, -0.05) is 30.3 Å². The van der Waals surface area contributed by atoms with Crippen LogP contribution in [0.25, 0.3) is 10.2 Å². The van der Waals surface area contributed by atoms with Gasteiger partial charge in [-0.3, -0.25) is 4.79 Å². The number of benzene rings is 2. The Bertz CT molecular complexity index is 1480. The molecule has 1 fully saturated rings. The Morgan fingerprint density at radius 2 is 1.81 bits per heavy atom. The van der Waals surface area contributed by atoms with Gasteiger partial charge in [0.15, 0.2) is 0 Å². The van der Waals surface area contributed by atoms with Crippen molar-refractivity contribution in [2.24, 2.45) is 0 Å². The van der Waals surface area contributed by atoms with Crippen LogP contribution in [0.5, 0.6) is 5.75 Å². The van der Waals surface area contributed by atoms with E-state index in [4.69, 9.17) is 4.74 Å². The molecule has 0 spiro atoms. The lowest BCUT2D eigenvalue weighted by Gasteiger charge is -2.39. The van der Waals surface area contributed by atoms with E-state index in [1.165, 1.54) is 9.87 Å². The number of methoxy groups -OCH3 is 1. The van der Waals surface area contributed by atoms with Crippen LogP contribution in [-0.4, -0.2) is 60.9 Å². The summed E-state index contributed by atoms with van der Waals surface area (Å²) in [5, 5.41) is 3.12. The Morgan fingerprint density at radius 3 is 2.51 bits per heavy atom. The lowest BCUT2D eigenvalue weighted by Crippen LogP contribution is -2.55. The van der Waals surface area contributed by atoms with Crippen LogP contribution in [0.3, 0.4) is 0 Å². The van der Waals surface area contributed by atoms with Crippen molar-refractivity contribution in [2.75, 3.05) is 26.7 Å². The third kappa shape index (κ3) is 5.16. The van der Waals surface area contributed by atoms with Crippen LogP contribution in [0.4, 0.5) is 0 Å². The largest absolute Gasteiger partial charge is 0.497 e. The monoisotopic (exact) mass is 537 g/mol. The number of aromatic nitrogens is 1. The summed E-state index contributed by atoms with van der Waals surface area (Å²) in [6, 6.07) is 20.5. The Kier molecular flexibility index (Phi) is 7.37. The number of nitrogens with zero attached hydrogens (tertiary/aromatic N) is 3. The van der Waals surface area contributed by atoms with Crippen molar-refractivity contribution in [1.29, 1.82) is 0 Å². The van der Waals surface area contributed by atoms with Crippen LogP contribution >= 0.6 is 11.3 Å². The van der Waals surface area contributed by atoms with Gasteiger partial charge in [-0.05, 0) is 67.1 Å².